The standard InChI is InChI=1S/C28H36N2O4/c1-2-3-4-18-10-13-30(26(18)32)20-9-11-28(33)22-15-19-7-8-21(31)24-23(19)27(28,25(20)34-24)12-14-29(22)16-17-5-6-17/h4,7-8,17,20,22,25,31,33H,2-3,5-6,9-16H2,1H3/t20-,22-,25+,27+,28-/m1/s1. The molecule has 2 saturated carbocycles. The number of nitrogens with zero attached hydrogens (tertiary/aromatic N) is 2. The summed E-state index contributed by atoms with van der Waals surface area (Å²) < 4.78 is 6.65. The molecule has 1 aromatic rings. The molecule has 0 aromatic heterocycles. The second-order valence-corrected chi connectivity index (χ2v) is 11.7. The van der Waals surface area contributed by atoms with Crippen LogP contribution in [0.15, 0.2) is 23.8 Å². The van der Waals surface area contributed by atoms with E-state index in [-0.39, 0.29) is 29.8 Å². The van der Waals surface area contributed by atoms with Crippen molar-refractivity contribution >= 4 is 5.91 Å². The van der Waals surface area contributed by atoms with Crippen molar-refractivity contribution in [3.63, 3.8) is 0 Å². The second kappa shape index (κ2) is 7.23. The molecule has 6 nitrogen and oxygen atoms in total. The van der Waals surface area contributed by atoms with Gasteiger partial charge < -0.3 is 19.8 Å². The van der Waals surface area contributed by atoms with Crippen LogP contribution in [0.2, 0.25) is 0 Å². The Morgan fingerprint density at radius 2 is 2.06 bits per heavy atom. The number of rotatable bonds is 5. The first kappa shape index (κ1) is 21.3. The van der Waals surface area contributed by atoms with Crippen LogP contribution in [0.25, 0.3) is 0 Å². The zero-order valence-corrected chi connectivity index (χ0v) is 20.1. The van der Waals surface area contributed by atoms with Crippen LogP contribution in [0.4, 0.5) is 0 Å². The van der Waals surface area contributed by atoms with E-state index in [1.807, 2.05) is 11.0 Å². The van der Waals surface area contributed by atoms with Gasteiger partial charge in [-0.15, -0.1) is 0 Å². The number of piperidine rings is 1. The highest BCUT2D eigenvalue weighted by molar-refractivity contribution is 5.96. The average Bonchev–Trinajstić information content (AvgIpc) is 3.46. The number of hydrogen-bond donors (Lipinski definition) is 2. The quantitative estimate of drug-likeness (QED) is 0.655. The third-order valence-electron chi connectivity index (χ3n) is 9.97. The molecule has 1 aromatic carbocycles. The zero-order valence-electron chi connectivity index (χ0n) is 20.1. The fraction of sp³-hybridized carbons (Fsp3) is 0.679. The second-order valence-electron chi connectivity index (χ2n) is 11.7. The van der Waals surface area contributed by atoms with Crippen LogP contribution in [0, 0.1) is 5.92 Å². The van der Waals surface area contributed by atoms with Crippen LogP contribution >= 0.6 is 0 Å². The maximum atomic E-state index is 13.4. The number of hydrogen-bond acceptors (Lipinski definition) is 5. The Kier molecular flexibility index (Phi) is 4.52. The molecule has 7 rings (SSSR count). The van der Waals surface area contributed by atoms with E-state index in [1.54, 1.807) is 6.07 Å². The summed E-state index contributed by atoms with van der Waals surface area (Å²) in [6.07, 6.45) is 10.2. The molecule has 6 aliphatic rings. The topological polar surface area (TPSA) is 73.2 Å². The summed E-state index contributed by atoms with van der Waals surface area (Å²) in [7, 11) is 0. The number of aromatic hydroxyl groups is 1. The fourth-order valence-corrected chi connectivity index (χ4v) is 8.23. The van der Waals surface area contributed by atoms with Crippen LogP contribution in [-0.4, -0.2) is 69.3 Å². The molecule has 3 aliphatic heterocycles. The SMILES string of the molecule is CCCC=C1CCN([C@@H]2CC[C@@]3(O)[C@H]4Cc5ccc(O)c6c5[C@@]3(CCN4CC3CC3)[C@H]2O6)C1=O. The molecule has 2 saturated heterocycles. The van der Waals surface area contributed by atoms with Crippen molar-refractivity contribution in [3.05, 3.63) is 34.9 Å². The third kappa shape index (κ3) is 2.62. The lowest BCUT2D eigenvalue weighted by atomic mass is 9.48. The molecule has 2 N–H and O–H groups in total. The molecule has 2 bridgehead atoms. The van der Waals surface area contributed by atoms with Gasteiger partial charge in [-0.25, -0.2) is 0 Å². The molecule has 1 amide bonds. The van der Waals surface area contributed by atoms with Crippen molar-refractivity contribution in [2.24, 2.45) is 5.92 Å². The van der Waals surface area contributed by atoms with E-state index in [0.717, 1.165) is 75.2 Å². The van der Waals surface area contributed by atoms with E-state index < -0.39 is 11.0 Å². The number of ether oxygens (including phenoxy) is 1. The Bertz CT molecular complexity index is 1080. The monoisotopic (exact) mass is 464 g/mol. The van der Waals surface area contributed by atoms with E-state index in [0.29, 0.717) is 12.2 Å². The van der Waals surface area contributed by atoms with Crippen molar-refractivity contribution in [2.75, 3.05) is 19.6 Å². The Labute approximate surface area is 201 Å². The van der Waals surface area contributed by atoms with Gasteiger partial charge in [0.15, 0.2) is 11.5 Å². The number of allylic oxidation sites excluding steroid dienone is 1. The van der Waals surface area contributed by atoms with Gasteiger partial charge in [0.1, 0.15) is 6.10 Å². The van der Waals surface area contributed by atoms with E-state index in [2.05, 4.69) is 17.9 Å². The number of carbonyl (C=O) groups excluding carboxylic acids is 1. The summed E-state index contributed by atoms with van der Waals surface area (Å²) >= 11 is 0. The highest BCUT2D eigenvalue weighted by atomic mass is 16.5. The Morgan fingerprint density at radius 1 is 1.21 bits per heavy atom. The predicted octanol–water partition coefficient (Wildman–Crippen LogP) is 3.28. The zero-order chi connectivity index (χ0) is 23.2. The van der Waals surface area contributed by atoms with Crippen LogP contribution < -0.4 is 4.74 Å². The Morgan fingerprint density at radius 3 is 2.85 bits per heavy atom. The maximum absolute atomic E-state index is 13.4. The predicted molar refractivity (Wildman–Crippen MR) is 128 cm³/mol. The minimum Gasteiger partial charge on any atom is -0.504 e. The fourth-order valence-electron chi connectivity index (χ4n) is 8.23. The lowest BCUT2D eigenvalue weighted by Crippen LogP contribution is -2.78. The van der Waals surface area contributed by atoms with Crippen LogP contribution in [0.5, 0.6) is 11.5 Å². The number of amides is 1. The number of carbonyl (C=O) groups is 1. The summed E-state index contributed by atoms with van der Waals surface area (Å²) in [4.78, 5) is 18.0. The van der Waals surface area contributed by atoms with Crippen LogP contribution in [-0.2, 0) is 16.6 Å². The van der Waals surface area contributed by atoms with Gasteiger partial charge in [-0.3, -0.25) is 9.69 Å². The normalized spacial score (nSPS) is 39.5. The first-order chi connectivity index (χ1) is 16.5. The summed E-state index contributed by atoms with van der Waals surface area (Å²) in [5.41, 5.74) is 1.73. The molecule has 5 atom stereocenters. The van der Waals surface area contributed by atoms with E-state index in [4.69, 9.17) is 4.74 Å². The third-order valence-corrected chi connectivity index (χ3v) is 9.97. The molecule has 0 radical (unpaired) electrons. The number of phenols is 1. The number of benzene rings is 1. The highest BCUT2D eigenvalue weighted by Gasteiger charge is 2.73. The Hall–Kier alpha value is -2.05. The molecule has 1 spiro atoms. The van der Waals surface area contributed by atoms with Gasteiger partial charge in [0.05, 0.1) is 17.1 Å². The van der Waals surface area contributed by atoms with Crippen molar-refractivity contribution in [2.45, 2.75) is 93.9 Å². The first-order valence-corrected chi connectivity index (χ1v) is 13.5. The summed E-state index contributed by atoms with van der Waals surface area (Å²) in [6.45, 7) is 4.88. The number of unbranched alkanes of at least 4 members (excludes halogenated alkanes) is 1. The summed E-state index contributed by atoms with van der Waals surface area (Å²) in [5.74, 6) is 1.65. The highest BCUT2D eigenvalue weighted by Crippen LogP contribution is 2.66. The molecule has 4 fully saturated rings. The van der Waals surface area contributed by atoms with Gasteiger partial charge in [0.25, 0.3) is 0 Å². The molecule has 3 heterocycles. The van der Waals surface area contributed by atoms with Gasteiger partial charge in [-0.2, -0.15) is 0 Å². The van der Waals surface area contributed by atoms with E-state index in [9.17, 15) is 15.0 Å². The number of likely N-dealkylation sites (tertiary alicyclic amines) is 2. The van der Waals surface area contributed by atoms with Crippen molar-refractivity contribution in [1.82, 2.24) is 9.80 Å². The van der Waals surface area contributed by atoms with E-state index in [1.165, 1.54) is 18.4 Å². The van der Waals surface area contributed by atoms with Gasteiger partial charge in [-0.05, 0) is 75.5 Å². The molecular weight excluding hydrogens is 428 g/mol. The smallest absolute Gasteiger partial charge is 0.249 e. The summed E-state index contributed by atoms with van der Waals surface area (Å²) in [5, 5.41) is 23.4. The minimum atomic E-state index is -0.892. The number of aliphatic hydroxyl groups is 1. The van der Waals surface area contributed by atoms with Gasteiger partial charge >= 0.3 is 0 Å². The van der Waals surface area contributed by atoms with Crippen molar-refractivity contribution < 1.29 is 19.7 Å². The first-order valence-electron chi connectivity index (χ1n) is 13.5. The van der Waals surface area contributed by atoms with E-state index >= 15 is 0 Å². The lowest BCUT2D eigenvalue weighted by Gasteiger charge is -2.64. The average molecular weight is 465 g/mol. The minimum absolute atomic E-state index is 0.0752. The molecule has 34 heavy (non-hydrogen) atoms. The Balaban J connectivity index is 1.31. The molecular formula is C28H36N2O4. The van der Waals surface area contributed by atoms with Crippen molar-refractivity contribution in [1.29, 1.82) is 0 Å². The van der Waals surface area contributed by atoms with Gasteiger partial charge in [-0.1, -0.05) is 25.5 Å². The lowest BCUT2D eigenvalue weighted by molar-refractivity contribution is -0.200. The van der Waals surface area contributed by atoms with Gasteiger partial charge in [0.2, 0.25) is 5.91 Å². The summed E-state index contributed by atoms with van der Waals surface area (Å²) in [6, 6.07) is 3.81. The van der Waals surface area contributed by atoms with Gasteiger partial charge in [0, 0.05) is 30.3 Å². The molecule has 6 heteroatoms. The molecule has 3 aliphatic carbocycles. The molecule has 182 valence electrons. The van der Waals surface area contributed by atoms with Crippen molar-refractivity contribution in [3.8, 4) is 11.5 Å². The van der Waals surface area contributed by atoms with Crippen LogP contribution in [0.1, 0.15) is 69.4 Å². The maximum Gasteiger partial charge on any atom is 0.249 e. The largest absolute Gasteiger partial charge is 0.504 e. The number of phenolic OH excluding ortho intramolecular Hbond substituents is 1. The molecule has 0 unspecified atom stereocenters. The van der Waals surface area contributed by atoms with Crippen LogP contribution in [0.3, 0.4) is 0 Å².